The first-order valence-electron chi connectivity index (χ1n) is 8.26. The third kappa shape index (κ3) is 2.70. The summed E-state index contributed by atoms with van der Waals surface area (Å²) in [6, 6.07) is 4.15. The Morgan fingerprint density at radius 1 is 1.36 bits per heavy atom. The highest BCUT2D eigenvalue weighted by Gasteiger charge is 2.32. The maximum Gasteiger partial charge on any atom is 0.157 e. The molecule has 0 saturated carbocycles. The summed E-state index contributed by atoms with van der Waals surface area (Å²) >= 11 is 0. The number of anilines is 1. The van der Waals surface area contributed by atoms with Crippen LogP contribution in [0.2, 0.25) is 0 Å². The summed E-state index contributed by atoms with van der Waals surface area (Å²) in [5.74, 6) is 1.42. The van der Waals surface area contributed by atoms with Gasteiger partial charge in [-0.2, -0.15) is 9.61 Å². The van der Waals surface area contributed by atoms with Gasteiger partial charge < -0.3 is 10.0 Å². The third-order valence-electron chi connectivity index (χ3n) is 4.68. The first-order valence-corrected chi connectivity index (χ1v) is 8.26. The molecule has 3 rings (SSSR count). The van der Waals surface area contributed by atoms with Crippen molar-refractivity contribution in [3.05, 3.63) is 23.5 Å². The fraction of sp³-hybridized carbons (Fsp3) is 0.647. The van der Waals surface area contributed by atoms with Crippen molar-refractivity contribution in [2.45, 2.75) is 58.5 Å². The van der Waals surface area contributed by atoms with Gasteiger partial charge in [0.2, 0.25) is 0 Å². The van der Waals surface area contributed by atoms with E-state index in [1.54, 1.807) is 0 Å². The van der Waals surface area contributed by atoms with Crippen molar-refractivity contribution in [2.24, 2.45) is 0 Å². The molecule has 2 aromatic rings. The summed E-state index contributed by atoms with van der Waals surface area (Å²) in [5.41, 5.74) is 2.35. The van der Waals surface area contributed by atoms with E-state index in [1.165, 1.54) is 0 Å². The number of hydrogen-bond donors (Lipinski definition) is 1. The van der Waals surface area contributed by atoms with Gasteiger partial charge in [0, 0.05) is 30.9 Å². The summed E-state index contributed by atoms with van der Waals surface area (Å²) in [4.78, 5) is 6.98. The van der Waals surface area contributed by atoms with Crippen LogP contribution >= 0.6 is 0 Å². The molecule has 5 nitrogen and oxygen atoms in total. The average Bonchev–Trinajstić information content (AvgIpc) is 2.86. The number of fused-ring (bicyclic) bond motifs is 1. The number of piperidine rings is 1. The van der Waals surface area contributed by atoms with E-state index in [9.17, 15) is 5.11 Å². The van der Waals surface area contributed by atoms with E-state index in [2.05, 4.69) is 36.8 Å². The molecule has 1 N–H and O–H groups in total. The van der Waals surface area contributed by atoms with Crippen molar-refractivity contribution < 1.29 is 5.11 Å². The Bertz CT molecular complexity index is 679. The van der Waals surface area contributed by atoms with E-state index in [0.717, 1.165) is 48.7 Å². The number of nitrogens with zero attached hydrogens (tertiary/aromatic N) is 4. The van der Waals surface area contributed by atoms with Gasteiger partial charge in [-0.05, 0) is 32.1 Å². The molecule has 3 heterocycles. The molecule has 0 aliphatic carbocycles. The van der Waals surface area contributed by atoms with Crippen molar-refractivity contribution >= 4 is 11.5 Å². The minimum Gasteiger partial charge on any atom is -0.388 e. The Morgan fingerprint density at radius 2 is 2.14 bits per heavy atom. The fourth-order valence-corrected chi connectivity index (χ4v) is 3.21. The highest BCUT2D eigenvalue weighted by Crippen LogP contribution is 2.30. The molecule has 1 atom stereocenters. The van der Waals surface area contributed by atoms with E-state index in [1.807, 2.05) is 17.5 Å². The van der Waals surface area contributed by atoms with E-state index in [0.29, 0.717) is 12.5 Å². The lowest BCUT2D eigenvalue weighted by Crippen LogP contribution is -2.48. The summed E-state index contributed by atoms with van der Waals surface area (Å²) in [6.45, 7) is 9.99. The Kier molecular flexibility index (Phi) is 3.85. The van der Waals surface area contributed by atoms with Gasteiger partial charge in [0.1, 0.15) is 5.82 Å². The molecular formula is C17H26N4O. The van der Waals surface area contributed by atoms with Crippen LogP contribution in [0.1, 0.15) is 57.3 Å². The van der Waals surface area contributed by atoms with Gasteiger partial charge in [-0.15, -0.1) is 0 Å². The van der Waals surface area contributed by atoms with Crippen LogP contribution in [0, 0.1) is 6.92 Å². The average molecular weight is 302 g/mol. The first kappa shape index (κ1) is 15.3. The van der Waals surface area contributed by atoms with Gasteiger partial charge in [-0.25, -0.2) is 4.98 Å². The number of aryl methyl sites for hydroxylation is 1. The van der Waals surface area contributed by atoms with Gasteiger partial charge in [0.25, 0.3) is 0 Å². The SMILES string of the molecule is CC[C@]1(O)CCCN(c2cc(C(C)C)nc3cc(C)nn23)C1. The van der Waals surface area contributed by atoms with Gasteiger partial charge >= 0.3 is 0 Å². The molecule has 0 radical (unpaired) electrons. The fourth-order valence-electron chi connectivity index (χ4n) is 3.21. The second-order valence-electron chi connectivity index (χ2n) is 6.85. The lowest BCUT2D eigenvalue weighted by Gasteiger charge is -2.40. The quantitative estimate of drug-likeness (QED) is 0.947. The van der Waals surface area contributed by atoms with Crippen LogP contribution in [0.4, 0.5) is 5.82 Å². The van der Waals surface area contributed by atoms with Crippen LogP contribution < -0.4 is 4.90 Å². The Morgan fingerprint density at radius 3 is 2.82 bits per heavy atom. The Labute approximate surface area is 132 Å². The second kappa shape index (κ2) is 5.54. The molecule has 2 aromatic heterocycles. The minimum absolute atomic E-state index is 0.369. The van der Waals surface area contributed by atoms with E-state index in [4.69, 9.17) is 4.98 Å². The lowest BCUT2D eigenvalue weighted by molar-refractivity contribution is 0.0220. The summed E-state index contributed by atoms with van der Waals surface area (Å²) in [6.07, 6.45) is 2.67. The van der Waals surface area contributed by atoms with Crippen LogP contribution in [-0.2, 0) is 0 Å². The largest absolute Gasteiger partial charge is 0.388 e. The van der Waals surface area contributed by atoms with Gasteiger partial charge in [-0.1, -0.05) is 20.8 Å². The van der Waals surface area contributed by atoms with Crippen molar-refractivity contribution in [2.75, 3.05) is 18.0 Å². The standard InChI is InChI=1S/C17H26N4O/c1-5-17(22)7-6-8-20(11-17)16-10-14(12(2)3)18-15-9-13(4)19-21(15)16/h9-10,12,22H,5-8,11H2,1-4H3/t17-/m0/s1. The maximum absolute atomic E-state index is 10.7. The van der Waals surface area contributed by atoms with Crippen LogP contribution in [0.25, 0.3) is 5.65 Å². The molecule has 1 fully saturated rings. The van der Waals surface area contributed by atoms with Gasteiger partial charge in [0.05, 0.1) is 11.3 Å². The molecule has 0 bridgehead atoms. The van der Waals surface area contributed by atoms with Crippen molar-refractivity contribution in [3.63, 3.8) is 0 Å². The molecule has 0 unspecified atom stereocenters. The highest BCUT2D eigenvalue weighted by atomic mass is 16.3. The summed E-state index contributed by atoms with van der Waals surface area (Å²) in [5, 5.41) is 15.3. The number of hydrogen-bond acceptors (Lipinski definition) is 4. The predicted octanol–water partition coefficient (Wildman–Crippen LogP) is 2.90. The highest BCUT2D eigenvalue weighted by molar-refractivity contribution is 5.53. The Hall–Kier alpha value is -1.62. The Balaban J connectivity index is 2.08. The number of aromatic nitrogens is 3. The van der Waals surface area contributed by atoms with Gasteiger partial charge in [0.15, 0.2) is 5.65 Å². The minimum atomic E-state index is -0.589. The van der Waals surface area contributed by atoms with Gasteiger partial charge in [-0.3, -0.25) is 0 Å². The van der Waals surface area contributed by atoms with Crippen LogP contribution in [0.15, 0.2) is 12.1 Å². The molecule has 22 heavy (non-hydrogen) atoms. The molecule has 1 aliphatic heterocycles. The normalized spacial score (nSPS) is 22.7. The van der Waals surface area contributed by atoms with Crippen molar-refractivity contribution in [1.82, 2.24) is 14.6 Å². The van der Waals surface area contributed by atoms with E-state index < -0.39 is 5.60 Å². The van der Waals surface area contributed by atoms with Crippen LogP contribution in [0.5, 0.6) is 0 Å². The molecule has 0 spiro atoms. The lowest BCUT2D eigenvalue weighted by atomic mass is 9.90. The third-order valence-corrected chi connectivity index (χ3v) is 4.68. The molecule has 5 heteroatoms. The molecule has 0 aromatic carbocycles. The smallest absolute Gasteiger partial charge is 0.157 e. The molecule has 0 amide bonds. The number of β-amino-alcohol motifs (C(OH)–C–C–N with tert-alkyl or cyclic N) is 1. The van der Waals surface area contributed by atoms with Crippen LogP contribution in [-0.4, -0.2) is 38.4 Å². The summed E-state index contributed by atoms with van der Waals surface area (Å²) < 4.78 is 1.92. The molecular weight excluding hydrogens is 276 g/mol. The predicted molar refractivity (Wildman–Crippen MR) is 88.5 cm³/mol. The molecule has 1 aliphatic rings. The van der Waals surface area contributed by atoms with E-state index >= 15 is 0 Å². The number of rotatable bonds is 3. The topological polar surface area (TPSA) is 53.7 Å². The first-order chi connectivity index (χ1) is 10.4. The van der Waals surface area contributed by atoms with Crippen molar-refractivity contribution in [1.29, 1.82) is 0 Å². The molecule has 1 saturated heterocycles. The van der Waals surface area contributed by atoms with Crippen molar-refractivity contribution in [3.8, 4) is 0 Å². The van der Waals surface area contributed by atoms with Crippen LogP contribution in [0.3, 0.4) is 0 Å². The zero-order chi connectivity index (χ0) is 15.9. The zero-order valence-electron chi connectivity index (χ0n) is 14.0. The zero-order valence-corrected chi connectivity index (χ0v) is 14.0. The molecule has 120 valence electrons. The monoisotopic (exact) mass is 302 g/mol. The maximum atomic E-state index is 10.7. The number of aliphatic hydroxyl groups is 1. The second-order valence-corrected chi connectivity index (χ2v) is 6.85. The van der Waals surface area contributed by atoms with E-state index in [-0.39, 0.29) is 0 Å². The summed E-state index contributed by atoms with van der Waals surface area (Å²) in [7, 11) is 0.